The third-order valence-corrected chi connectivity index (χ3v) is 6.67. The molecule has 16 heavy (non-hydrogen) atoms. The Kier molecular flexibility index (Phi) is 6.62. The average Bonchev–Trinajstić information content (AvgIpc) is 2.35. The second kappa shape index (κ2) is 7.46. The Balaban J connectivity index is 2.25. The first-order chi connectivity index (χ1) is 7.70. The van der Waals surface area contributed by atoms with Crippen LogP contribution in [0.25, 0.3) is 0 Å². The molecule has 0 saturated heterocycles. The predicted octanol–water partition coefficient (Wildman–Crippen LogP) is 4.10. The summed E-state index contributed by atoms with van der Waals surface area (Å²) >= 11 is 0. The summed E-state index contributed by atoms with van der Waals surface area (Å²) in [7, 11) is -0.00615. The molecular weight excluding hydrogens is 216 g/mol. The van der Waals surface area contributed by atoms with Gasteiger partial charge in [-0.25, -0.2) is 0 Å². The molecule has 0 heterocycles. The normalized spacial score (nSPS) is 21.9. The number of hydrogen-bond acceptors (Lipinski definition) is 2. The van der Waals surface area contributed by atoms with Crippen molar-refractivity contribution in [3.8, 4) is 0 Å². The molecule has 0 amide bonds. The van der Waals surface area contributed by atoms with Crippen LogP contribution in [0.2, 0.25) is 12.6 Å². The standard InChI is InChI=1S/C13H28O2Si/c1-4-5-11-16(3,14-2)15-12-13-9-7-6-8-10-13/h13H,4-12H2,1-3H3. The smallest absolute Gasteiger partial charge is 0.334 e. The number of hydrogen-bond donors (Lipinski definition) is 0. The lowest BCUT2D eigenvalue weighted by atomic mass is 9.90. The lowest BCUT2D eigenvalue weighted by molar-refractivity contribution is 0.151. The van der Waals surface area contributed by atoms with Crippen molar-refractivity contribution in [3.05, 3.63) is 0 Å². The maximum atomic E-state index is 6.14. The minimum Gasteiger partial charge on any atom is -0.398 e. The van der Waals surface area contributed by atoms with Crippen molar-refractivity contribution in [3.63, 3.8) is 0 Å². The van der Waals surface area contributed by atoms with E-state index in [0.717, 1.165) is 18.6 Å². The van der Waals surface area contributed by atoms with Gasteiger partial charge in [0, 0.05) is 13.7 Å². The van der Waals surface area contributed by atoms with Gasteiger partial charge >= 0.3 is 8.56 Å². The Morgan fingerprint density at radius 3 is 2.44 bits per heavy atom. The van der Waals surface area contributed by atoms with E-state index >= 15 is 0 Å². The fourth-order valence-electron chi connectivity index (χ4n) is 2.38. The highest BCUT2D eigenvalue weighted by atomic mass is 28.4. The van der Waals surface area contributed by atoms with Crippen molar-refractivity contribution in [1.29, 1.82) is 0 Å². The Morgan fingerprint density at radius 1 is 1.19 bits per heavy atom. The monoisotopic (exact) mass is 244 g/mol. The van der Waals surface area contributed by atoms with Crippen molar-refractivity contribution >= 4 is 8.56 Å². The van der Waals surface area contributed by atoms with E-state index in [0.29, 0.717) is 0 Å². The lowest BCUT2D eigenvalue weighted by Gasteiger charge is -2.29. The Bertz CT molecular complexity index is 181. The first-order valence-electron chi connectivity index (χ1n) is 6.89. The summed E-state index contributed by atoms with van der Waals surface area (Å²) in [4.78, 5) is 0. The first-order valence-corrected chi connectivity index (χ1v) is 9.41. The van der Waals surface area contributed by atoms with Crippen molar-refractivity contribution in [1.82, 2.24) is 0 Å². The largest absolute Gasteiger partial charge is 0.398 e. The van der Waals surface area contributed by atoms with Crippen LogP contribution in [0.1, 0.15) is 51.9 Å². The molecule has 1 unspecified atom stereocenters. The van der Waals surface area contributed by atoms with Crippen molar-refractivity contribution in [2.75, 3.05) is 13.7 Å². The molecule has 0 aromatic rings. The fourth-order valence-corrected chi connectivity index (χ4v) is 4.43. The minimum absolute atomic E-state index is 0.803. The van der Waals surface area contributed by atoms with Gasteiger partial charge in [0.25, 0.3) is 0 Å². The van der Waals surface area contributed by atoms with Gasteiger partial charge in [0.1, 0.15) is 0 Å². The molecule has 0 radical (unpaired) electrons. The molecular formula is C13H28O2Si. The number of rotatable bonds is 7. The zero-order chi connectivity index (χ0) is 11.9. The first kappa shape index (κ1) is 14.2. The molecule has 0 aromatic heterocycles. The Morgan fingerprint density at radius 2 is 1.88 bits per heavy atom. The van der Waals surface area contributed by atoms with Gasteiger partial charge in [0.2, 0.25) is 0 Å². The molecule has 1 atom stereocenters. The van der Waals surface area contributed by atoms with E-state index in [-0.39, 0.29) is 0 Å². The number of unbranched alkanes of at least 4 members (excludes halogenated alkanes) is 1. The summed E-state index contributed by atoms with van der Waals surface area (Å²) in [6, 6.07) is 1.15. The van der Waals surface area contributed by atoms with E-state index < -0.39 is 8.56 Å². The van der Waals surface area contributed by atoms with Crippen molar-refractivity contribution in [2.24, 2.45) is 5.92 Å². The fraction of sp³-hybridized carbons (Fsp3) is 1.00. The second-order valence-corrected chi connectivity index (χ2v) is 8.72. The van der Waals surface area contributed by atoms with Crippen LogP contribution < -0.4 is 0 Å². The highest BCUT2D eigenvalue weighted by molar-refractivity contribution is 6.65. The van der Waals surface area contributed by atoms with E-state index in [4.69, 9.17) is 8.85 Å². The zero-order valence-corrected chi connectivity index (χ0v) is 12.3. The van der Waals surface area contributed by atoms with Crippen LogP contribution in [0.4, 0.5) is 0 Å². The lowest BCUT2D eigenvalue weighted by Crippen LogP contribution is -2.39. The highest BCUT2D eigenvalue weighted by Gasteiger charge is 2.30. The summed E-state index contributed by atoms with van der Waals surface area (Å²) in [5, 5.41) is 0. The topological polar surface area (TPSA) is 18.5 Å². The Hall–Kier alpha value is 0.137. The van der Waals surface area contributed by atoms with Crippen molar-refractivity contribution < 1.29 is 8.85 Å². The maximum Gasteiger partial charge on any atom is 0.334 e. The molecule has 1 aliphatic rings. The van der Waals surface area contributed by atoms with Crippen LogP contribution in [-0.4, -0.2) is 22.3 Å². The molecule has 0 spiro atoms. The van der Waals surface area contributed by atoms with Gasteiger partial charge in [0.15, 0.2) is 0 Å². The molecule has 2 nitrogen and oxygen atoms in total. The third kappa shape index (κ3) is 4.98. The SMILES string of the molecule is CCCC[Si](C)(OC)OCC1CCCCC1. The third-order valence-electron chi connectivity index (χ3n) is 3.77. The van der Waals surface area contributed by atoms with Crippen LogP contribution in [0.15, 0.2) is 0 Å². The van der Waals surface area contributed by atoms with E-state index in [1.165, 1.54) is 44.9 Å². The quantitative estimate of drug-likeness (QED) is 0.628. The summed E-state index contributed by atoms with van der Waals surface area (Å²) in [6.45, 7) is 5.39. The molecule has 0 N–H and O–H groups in total. The van der Waals surface area contributed by atoms with Gasteiger partial charge in [-0.1, -0.05) is 39.0 Å². The molecule has 0 bridgehead atoms. The van der Waals surface area contributed by atoms with Crippen LogP contribution in [0, 0.1) is 5.92 Å². The van der Waals surface area contributed by atoms with E-state index in [1.807, 2.05) is 7.11 Å². The van der Waals surface area contributed by atoms with Crippen molar-refractivity contribution in [2.45, 2.75) is 64.5 Å². The van der Waals surface area contributed by atoms with E-state index in [2.05, 4.69) is 13.5 Å². The predicted molar refractivity (Wildman–Crippen MR) is 70.9 cm³/mol. The molecule has 1 aliphatic carbocycles. The molecule has 0 aromatic carbocycles. The maximum absolute atomic E-state index is 6.14. The molecule has 96 valence electrons. The summed E-state index contributed by atoms with van der Waals surface area (Å²) in [5.74, 6) is 0.803. The summed E-state index contributed by atoms with van der Waals surface area (Å²) in [5.41, 5.74) is 0. The van der Waals surface area contributed by atoms with E-state index in [1.54, 1.807) is 0 Å². The summed E-state index contributed by atoms with van der Waals surface area (Å²) in [6.07, 6.45) is 9.41. The van der Waals surface area contributed by atoms with Gasteiger partial charge in [-0.2, -0.15) is 0 Å². The molecule has 1 rings (SSSR count). The molecule has 1 saturated carbocycles. The second-order valence-electron chi connectivity index (χ2n) is 5.26. The van der Waals surface area contributed by atoms with Gasteiger partial charge in [0.05, 0.1) is 0 Å². The van der Waals surface area contributed by atoms with Crippen LogP contribution >= 0.6 is 0 Å². The van der Waals surface area contributed by atoms with Gasteiger partial charge < -0.3 is 8.85 Å². The van der Waals surface area contributed by atoms with Crippen LogP contribution in [0.3, 0.4) is 0 Å². The summed E-state index contributed by atoms with van der Waals surface area (Å²) < 4.78 is 11.8. The molecule has 0 aliphatic heterocycles. The van der Waals surface area contributed by atoms with Crippen LogP contribution in [0.5, 0.6) is 0 Å². The van der Waals surface area contributed by atoms with Gasteiger partial charge in [-0.3, -0.25) is 0 Å². The van der Waals surface area contributed by atoms with Crippen LogP contribution in [-0.2, 0) is 8.85 Å². The molecule has 1 fully saturated rings. The molecule has 3 heteroatoms. The van der Waals surface area contributed by atoms with E-state index in [9.17, 15) is 0 Å². The zero-order valence-electron chi connectivity index (χ0n) is 11.3. The average molecular weight is 244 g/mol. The highest BCUT2D eigenvalue weighted by Crippen LogP contribution is 2.26. The van der Waals surface area contributed by atoms with Gasteiger partial charge in [-0.05, 0) is 31.4 Å². The minimum atomic E-state index is -1.83. The Labute approximate surface area is 102 Å². The van der Waals surface area contributed by atoms with Gasteiger partial charge in [-0.15, -0.1) is 0 Å².